The molecule has 0 saturated carbocycles. The number of unbranched alkanes of at least 4 members (excludes halogenated alkanes) is 1. The predicted molar refractivity (Wildman–Crippen MR) is 75.9 cm³/mol. The second kappa shape index (κ2) is 8.44. The molecule has 0 aliphatic rings. The number of rotatable bonds is 10. The van der Waals surface area contributed by atoms with E-state index in [9.17, 15) is 13.2 Å². The molecule has 0 amide bonds. The molecule has 0 aliphatic heterocycles. The van der Waals surface area contributed by atoms with Gasteiger partial charge in [-0.15, -0.1) is 0 Å². The highest BCUT2D eigenvalue weighted by Gasteiger charge is 2.31. The van der Waals surface area contributed by atoms with Crippen molar-refractivity contribution in [3.8, 4) is 0 Å². The van der Waals surface area contributed by atoms with Crippen molar-refractivity contribution >= 4 is 23.9 Å². The van der Waals surface area contributed by atoms with Crippen molar-refractivity contribution < 1.29 is 26.9 Å². The van der Waals surface area contributed by atoms with Gasteiger partial charge in [0.1, 0.15) is 7.85 Å². The predicted octanol–water partition coefficient (Wildman–Crippen LogP) is 0.762. The second-order valence-electron chi connectivity index (χ2n) is 4.76. The van der Waals surface area contributed by atoms with Gasteiger partial charge in [0.15, 0.2) is 0 Å². The van der Waals surface area contributed by atoms with E-state index in [1.807, 2.05) is 0 Å². The van der Waals surface area contributed by atoms with Crippen molar-refractivity contribution in [3.05, 3.63) is 12.7 Å². The largest absolute Gasteiger partial charge is 0.463 e. The van der Waals surface area contributed by atoms with Gasteiger partial charge >= 0.3 is 5.97 Å². The van der Waals surface area contributed by atoms with Crippen molar-refractivity contribution in [1.82, 2.24) is 0 Å². The van der Waals surface area contributed by atoms with Gasteiger partial charge in [0.05, 0.1) is 18.5 Å². The molecule has 114 valence electrons. The number of carbonyl (C=O) groups is 1. The summed E-state index contributed by atoms with van der Waals surface area (Å²) in [6, 6.07) is -0.882. The Hall–Kier alpha value is -0.855. The Labute approximate surface area is 122 Å². The smallest absolute Gasteiger partial charge is 0.330 e. The highest BCUT2D eigenvalue weighted by Crippen LogP contribution is 2.18. The van der Waals surface area contributed by atoms with Crippen LogP contribution in [0.4, 0.5) is 0 Å². The van der Waals surface area contributed by atoms with E-state index in [0.717, 1.165) is 12.3 Å². The van der Waals surface area contributed by atoms with Crippen molar-refractivity contribution in [2.24, 2.45) is 0 Å². The first kappa shape index (κ1) is 19.1. The molecular weight excluding hydrogens is 283 g/mol. The summed E-state index contributed by atoms with van der Waals surface area (Å²) in [4.78, 5) is 10.8. The Kier molecular flexibility index (Phi) is 8.08. The van der Waals surface area contributed by atoms with E-state index in [4.69, 9.17) is 21.5 Å². The van der Waals surface area contributed by atoms with E-state index in [0.29, 0.717) is 19.4 Å². The van der Waals surface area contributed by atoms with Gasteiger partial charge in [0.25, 0.3) is 10.1 Å². The van der Waals surface area contributed by atoms with Crippen LogP contribution in [0.15, 0.2) is 12.7 Å². The average Bonchev–Trinajstić information content (AvgIpc) is 2.29. The molecule has 0 aromatic rings. The fraction of sp³-hybridized carbons (Fsp3) is 0.750. The molecule has 20 heavy (non-hydrogen) atoms. The van der Waals surface area contributed by atoms with Crippen molar-refractivity contribution in [2.45, 2.75) is 38.3 Å². The molecular formula is C12H21BO6S. The fourth-order valence-corrected chi connectivity index (χ4v) is 2.16. The van der Waals surface area contributed by atoms with Gasteiger partial charge in [-0.1, -0.05) is 6.58 Å². The molecule has 8 heteroatoms. The molecule has 0 aromatic heterocycles. The van der Waals surface area contributed by atoms with Crippen LogP contribution in [0.1, 0.15) is 26.7 Å². The molecule has 0 aliphatic carbocycles. The van der Waals surface area contributed by atoms with E-state index in [1.165, 1.54) is 13.8 Å². The van der Waals surface area contributed by atoms with Crippen molar-refractivity contribution in [1.29, 1.82) is 0 Å². The highest BCUT2D eigenvalue weighted by atomic mass is 32.2. The molecule has 0 rings (SSSR count). The molecule has 2 radical (unpaired) electrons. The molecule has 0 heterocycles. The van der Waals surface area contributed by atoms with Crippen LogP contribution in [0.25, 0.3) is 0 Å². The first-order chi connectivity index (χ1) is 9.08. The summed E-state index contributed by atoms with van der Waals surface area (Å²) >= 11 is 0. The van der Waals surface area contributed by atoms with Gasteiger partial charge in [-0.05, 0) is 26.7 Å². The van der Waals surface area contributed by atoms with Gasteiger partial charge in [0.2, 0.25) is 0 Å². The maximum atomic E-state index is 11.1. The average molecular weight is 304 g/mol. The molecule has 1 atom stereocenters. The Morgan fingerprint density at radius 2 is 1.90 bits per heavy atom. The third-order valence-corrected chi connectivity index (χ3v) is 3.03. The van der Waals surface area contributed by atoms with Crippen LogP contribution in [0.5, 0.6) is 0 Å². The topological polar surface area (TPSA) is 78.9 Å². The zero-order chi connectivity index (χ0) is 15.8. The molecule has 0 N–H and O–H groups in total. The Morgan fingerprint density at radius 1 is 1.35 bits per heavy atom. The van der Waals surface area contributed by atoms with Crippen LogP contribution >= 0.6 is 0 Å². The van der Waals surface area contributed by atoms with Crippen LogP contribution < -0.4 is 0 Å². The van der Waals surface area contributed by atoms with Gasteiger partial charge in [-0.25, -0.2) is 4.79 Å². The minimum absolute atomic E-state index is 0.271. The monoisotopic (exact) mass is 304 g/mol. The summed E-state index contributed by atoms with van der Waals surface area (Å²) in [5.41, 5.74) is -1.15. The van der Waals surface area contributed by atoms with Gasteiger partial charge in [-0.2, -0.15) is 8.42 Å². The third-order valence-electron chi connectivity index (χ3n) is 2.30. The van der Waals surface area contributed by atoms with Crippen LogP contribution in [-0.2, 0) is 28.6 Å². The first-order valence-corrected chi connectivity index (χ1v) is 7.97. The zero-order valence-electron chi connectivity index (χ0n) is 12.1. The summed E-state index contributed by atoms with van der Waals surface area (Å²) < 4.78 is 37.1. The van der Waals surface area contributed by atoms with Crippen molar-refractivity contribution in [2.75, 3.05) is 19.5 Å². The lowest BCUT2D eigenvalue weighted by Crippen LogP contribution is -2.43. The lowest BCUT2D eigenvalue weighted by Gasteiger charge is -2.30. The molecule has 0 spiro atoms. The first-order valence-electron chi connectivity index (χ1n) is 6.15. The molecule has 1 unspecified atom stereocenters. The minimum atomic E-state index is -3.61. The third kappa shape index (κ3) is 9.11. The molecule has 0 aromatic carbocycles. The van der Waals surface area contributed by atoms with E-state index in [-0.39, 0.29) is 6.61 Å². The van der Waals surface area contributed by atoms with E-state index in [1.54, 1.807) is 0 Å². The number of ether oxygens (including phenoxy) is 2. The lowest BCUT2D eigenvalue weighted by molar-refractivity contribution is -0.137. The molecule has 0 bridgehead atoms. The van der Waals surface area contributed by atoms with E-state index in [2.05, 4.69) is 6.58 Å². The van der Waals surface area contributed by atoms with Crippen molar-refractivity contribution in [3.63, 3.8) is 0 Å². The maximum Gasteiger partial charge on any atom is 0.330 e. The summed E-state index contributed by atoms with van der Waals surface area (Å²) in [5.74, 6) is -0.467. The summed E-state index contributed by atoms with van der Waals surface area (Å²) in [7, 11) is 2.13. The highest BCUT2D eigenvalue weighted by molar-refractivity contribution is 7.86. The minimum Gasteiger partial charge on any atom is -0.463 e. The Balaban J connectivity index is 3.90. The van der Waals surface area contributed by atoms with Gasteiger partial charge in [-0.3, -0.25) is 4.18 Å². The van der Waals surface area contributed by atoms with Crippen LogP contribution in [0, 0.1) is 0 Å². The quantitative estimate of drug-likeness (QED) is 0.195. The van der Waals surface area contributed by atoms with Crippen LogP contribution in [0.2, 0.25) is 0 Å². The summed E-state index contributed by atoms with van der Waals surface area (Å²) in [6.45, 7) is 6.92. The number of hydrogen-bond acceptors (Lipinski definition) is 6. The second-order valence-corrected chi connectivity index (χ2v) is 6.34. The van der Waals surface area contributed by atoms with Crippen LogP contribution in [0.3, 0.4) is 0 Å². The standard InChI is InChI=1S/C12H21BO6S/c1-5-10(14)17-8-6-7-9-18-11(13)12(2,3)19-20(4,15)16/h5,11H,1,6-9H2,2-4H3. The maximum absolute atomic E-state index is 11.1. The van der Waals surface area contributed by atoms with Gasteiger partial charge in [0, 0.05) is 18.7 Å². The summed E-state index contributed by atoms with van der Waals surface area (Å²) in [5, 5.41) is 0. The van der Waals surface area contributed by atoms with Crippen LogP contribution in [-0.4, -0.2) is 53.3 Å². The fourth-order valence-electron chi connectivity index (χ4n) is 1.28. The van der Waals surface area contributed by atoms with Gasteiger partial charge < -0.3 is 9.47 Å². The van der Waals surface area contributed by atoms with E-state index >= 15 is 0 Å². The summed E-state index contributed by atoms with van der Waals surface area (Å²) in [6.07, 6.45) is 3.28. The number of esters is 1. The molecule has 6 nitrogen and oxygen atoms in total. The zero-order valence-corrected chi connectivity index (χ0v) is 12.9. The van der Waals surface area contributed by atoms with E-state index < -0.39 is 27.7 Å². The Bertz CT molecular complexity index is 418. The SMILES string of the molecule is [B]C(OCCCCOC(=O)C=C)C(C)(C)OS(C)(=O)=O. The lowest BCUT2D eigenvalue weighted by atomic mass is 9.85. The molecule has 0 fully saturated rings. The molecule has 0 saturated heterocycles. The number of hydrogen-bond donors (Lipinski definition) is 0. The Morgan fingerprint density at radius 3 is 2.40 bits per heavy atom. The number of carbonyl (C=O) groups excluding carboxylic acids is 1. The normalized spacial score (nSPS) is 13.8.